The fraction of sp³-hybridized carbons (Fsp3) is 0.211. The summed E-state index contributed by atoms with van der Waals surface area (Å²) in [4.78, 5) is 1.06. The molecule has 1 heterocycles. The number of rotatable bonds is 3. The monoisotopic (exact) mass is 400 g/mol. The summed E-state index contributed by atoms with van der Waals surface area (Å²) in [6.07, 6.45) is 1.68. The van der Waals surface area contributed by atoms with Crippen LogP contribution < -0.4 is 15.7 Å². The zero-order valence-electron chi connectivity index (χ0n) is 14.1. The third-order valence-corrected chi connectivity index (χ3v) is 11.4. The third kappa shape index (κ3) is 2.52. The highest BCUT2D eigenvalue weighted by Gasteiger charge is 2.53. The van der Waals surface area contributed by atoms with E-state index in [1.54, 1.807) is 6.20 Å². The van der Waals surface area contributed by atoms with Crippen molar-refractivity contribution >= 4 is 39.7 Å². The largest absolute Gasteiger partial charge is 0.412 e. The Morgan fingerprint density at radius 2 is 1.38 bits per heavy atom. The number of aromatic nitrogens is 2. The summed E-state index contributed by atoms with van der Waals surface area (Å²) in [6.45, 7) is 6.75. The van der Waals surface area contributed by atoms with E-state index in [1.165, 1.54) is 10.4 Å². The summed E-state index contributed by atoms with van der Waals surface area (Å²) in [5.41, 5.74) is 0. The first-order valence-electron chi connectivity index (χ1n) is 7.93. The number of hydrogen-bond donors (Lipinski definition) is 1. The quantitative estimate of drug-likeness (QED) is 0.541. The van der Waals surface area contributed by atoms with Gasteiger partial charge in [0.2, 0.25) is 0 Å². The molecule has 24 heavy (non-hydrogen) atoms. The van der Waals surface area contributed by atoms with E-state index in [0.29, 0.717) is 0 Å². The van der Waals surface area contributed by atoms with Gasteiger partial charge < -0.3 is 5.21 Å². The van der Waals surface area contributed by atoms with E-state index in [4.69, 9.17) is 0 Å². The zero-order chi connectivity index (χ0) is 17.4. The lowest BCUT2D eigenvalue weighted by Crippen LogP contribution is -2.74. The molecule has 0 saturated carbocycles. The minimum atomic E-state index is -2.56. The predicted octanol–water partition coefficient (Wildman–Crippen LogP) is 3.15. The van der Waals surface area contributed by atoms with Gasteiger partial charge in [0, 0.05) is 0 Å². The first kappa shape index (κ1) is 17.0. The van der Waals surface area contributed by atoms with Gasteiger partial charge >= 0.3 is 0 Å². The van der Waals surface area contributed by atoms with Crippen molar-refractivity contribution in [3.05, 3.63) is 71.3 Å². The maximum atomic E-state index is 10.6. The standard InChI is InChI=1S/C19H21BrN2OSi/c1-19(2,3)24(15-10-6-4-7-11-15,16-12-8-5-9-13-16)18-17(20)14-21-22(18)23/h4-14,23H,1-3H3. The Morgan fingerprint density at radius 3 is 1.71 bits per heavy atom. The Kier molecular flexibility index (Phi) is 4.40. The van der Waals surface area contributed by atoms with Gasteiger partial charge in [0.15, 0.2) is 8.07 Å². The number of benzene rings is 2. The van der Waals surface area contributed by atoms with E-state index in [-0.39, 0.29) is 5.04 Å². The maximum absolute atomic E-state index is 10.6. The molecule has 3 nitrogen and oxygen atoms in total. The van der Waals surface area contributed by atoms with E-state index < -0.39 is 8.07 Å². The molecule has 0 amide bonds. The first-order valence-corrected chi connectivity index (χ1v) is 10.7. The summed E-state index contributed by atoms with van der Waals surface area (Å²) in [7, 11) is -2.56. The van der Waals surface area contributed by atoms with Crippen LogP contribution in [-0.4, -0.2) is 23.2 Å². The van der Waals surface area contributed by atoms with E-state index in [1.807, 2.05) is 12.1 Å². The summed E-state index contributed by atoms with van der Waals surface area (Å²) < 4.78 is 0.847. The average molecular weight is 401 g/mol. The third-order valence-electron chi connectivity index (χ3n) is 4.60. The van der Waals surface area contributed by atoms with E-state index in [9.17, 15) is 5.21 Å². The fourth-order valence-corrected chi connectivity index (χ4v) is 10.3. The van der Waals surface area contributed by atoms with Gasteiger partial charge in [-0.2, -0.15) is 0 Å². The minimum Gasteiger partial charge on any atom is -0.412 e. The molecule has 3 aromatic rings. The molecule has 0 spiro atoms. The smallest absolute Gasteiger partial charge is 0.182 e. The minimum absolute atomic E-state index is 0.0846. The molecule has 1 aromatic heterocycles. The van der Waals surface area contributed by atoms with Gasteiger partial charge in [-0.1, -0.05) is 81.4 Å². The van der Waals surface area contributed by atoms with E-state index in [2.05, 4.69) is 90.3 Å². The van der Waals surface area contributed by atoms with Crippen molar-refractivity contribution in [1.82, 2.24) is 9.94 Å². The molecule has 0 atom stereocenters. The topological polar surface area (TPSA) is 38.0 Å². The molecule has 0 fully saturated rings. The highest BCUT2D eigenvalue weighted by atomic mass is 79.9. The van der Waals surface area contributed by atoms with Crippen LogP contribution in [0.25, 0.3) is 0 Å². The van der Waals surface area contributed by atoms with Crippen molar-refractivity contribution in [2.45, 2.75) is 25.8 Å². The van der Waals surface area contributed by atoms with Gasteiger partial charge in [0.1, 0.15) is 0 Å². The number of hydrogen-bond acceptors (Lipinski definition) is 2. The molecule has 0 bridgehead atoms. The Hall–Kier alpha value is -1.85. The molecule has 124 valence electrons. The van der Waals surface area contributed by atoms with Crippen molar-refractivity contribution in [1.29, 1.82) is 0 Å². The lowest BCUT2D eigenvalue weighted by atomic mass is 10.2. The average Bonchev–Trinajstić information content (AvgIpc) is 2.89. The van der Waals surface area contributed by atoms with Crippen molar-refractivity contribution < 1.29 is 5.21 Å². The van der Waals surface area contributed by atoms with E-state index >= 15 is 0 Å². The lowest BCUT2D eigenvalue weighted by Gasteiger charge is -2.43. The molecular weight excluding hydrogens is 380 g/mol. The first-order chi connectivity index (χ1) is 11.4. The molecular formula is C19H21BrN2OSi. The number of nitrogens with zero attached hydrogens (tertiary/aromatic N) is 2. The second-order valence-corrected chi connectivity index (χ2v) is 12.4. The van der Waals surface area contributed by atoms with Crippen LogP contribution in [0.15, 0.2) is 71.3 Å². The van der Waals surface area contributed by atoms with Crippen LogP contribution in [0.4, 0.5) is 0 Å². The van der Waals surface area contributed by atoms with Crippen molar-refractivity contribution in [3.8, 4) is 0 Å². The molecule has 0 aliphatic rings. The summed E-state index contributed by atoms with van der Waals surface area (Å²) >= 11 is 3.63. The highest BCUT2D eigenvalue weighted by molar-refractivity contribution is 9.10. The van der Waals surface area contributed by atoms with E-state index in [0.717, 1.165) is 14.6 Å². The second kappa shape index (κ2) is 6.22. The van der Waals surface area contributed by atoms with Crippen LogP contribution in [0.5, 0.6) is 0 Å². The maximum Gasteiger partial charge on any atom is 0.182 e. The van der Waals surface area contributed by atoms with Gasteiger partial charge in [-0.15, -0.1) is 9.94 Å². The van der Waals surface area contributed by atoms with Gasteiger partial charge in [-0.3, -0.25) is 0 Å². The molecule has 5 heteroatoms. The van der Waals surface area contributed by atoms with Gasteiger partial charge in [0.25, 0.3) is 0 Å². The van der Waals surface area contributed by atoms with Crippen molar-refractivity contribution in [2.75, 3.05) is 0 Å². The van der Waals surface area contributed by atoms with Gasteiger partial charge in [-0.05, 0) is 31.3 Å². The molecule has 0 unspecified atom stereocenters. The van der Waals surface area contributed by atoms with Crippen LogP contribution in [-0.2, 0) is 0 Å². The molecule has 3 rings (SSSR count). The van der Waals surface area contributed by atoms with Crippen molar-refractivity contribution in [2.24, 2.45) is 0 Å². The molecule has 1 N–H and O–H groups in total. The molecule has 0 aliphatic heterocycles. The fourth-order valence-electron chi connectivity index (χ4n) is 3.69. The van der Waals surface area contributed by atoms with Crippen LogP contribution in [0.1, 0.15) is 20.8 Å². The highest BCUT2D eigenvalue weighted by Crippen LogP contribution is 2.36. The molecule has 0 aliphatic carbocycles. The zero-order valence-corrected chi connectivity index (χ0v) is 16.7. The second-order valence-electron chi connectivity index (χ2n) is 6.96. The Morgan fingerprint density at radius 1 is 0.917 bits per heavy atom. The van der Waals surface area contributed by atoms with Crippen molar-refractivity contribution in [3.63, 3.8) is 0 Å². The number of halogens is 1. The van der Waals surface area contributed by atoms with Crippen LogP contribution in [0.2, 0.25) is 5.04 Å². The summed E-state index contributed by atoms with van der Waals surface area (Å²) in [5, 5.41) is 18.0. The normalized spacial score (nSPS) is 12.3. The molecule has 0 saturated heterocycles. The van der Waals surface area contributed by atoms with Crippen LogP contribution in [0.3, 0.4) is 0 Å². The summed E-state index contributed by atoms with van der Waals surface area (Å²) in [6, 6.07) is 21.0. The van der Waals surface area contributed by atoms with Crippen LogP contribution >= 0.6 is 15.9 Å². The Bertz CT molecular complexity index is 767. The lowest BCUT2D eigenvalue weighted by molar-refractivity contribution is 0.156. The molecule has 0 radical (unpaired) electrons. The van der Waals surface area contributed by atoms with Gasteiger partial charge in [0.05, 0.1) is 16.0 Å². The predicted molar refractivity (Wildman–Crippen MR) is 104 cm³/mol. The molecule has 2 aromatic carbocycles. The van der Waals surface area contributed by atoms with Crippen LogP contribution in [0, 0.1) is 0 Å². The summed E-state index contributed by atoms with van der Waals surface area (Å²) in [5.74, 6) is 0. The Balaban J connectivity index is 2.48. The van der Waals surface area contributed by atoms with Gasteiger partial charge in [-0.25, -0.2) is 0 Å². The Labute approximate surface area is 152 Å². The SMILES string of the molecule is CC(C)(C)[Si](c1ccccc1)(c1ccccc1)c1c(Br)cnn1O.